The molecular weight excluding hydrogens is 380 g/mol. The quantitative estimate of drug-likeness (QED) is 0.706. The van der Waals surface area contributed by atoms with Crippen LogP contribution in [0.3, 0.4) is 0 Å². The Labute approximate surface area is 158 Å². The SMILES string of the molecule is CCOC(=O)CCNC(=O)c1ccc(Cl)c(S(=O)(=O)N2CCCCC2)c1. The third-order valence-electron chi connectivity index (χ3n) is 4.05. The fraction of sp³-hybridized carbons (Fsp3) is 0.529. The van der Waals surface area contributed by atoms with Crippen LogP contribution in [0.4, 0.5) is 0 Å². The van der Waals surface area contributed by atoms with E-state index in [1.54, 1.807) is 6.92 Å². The van der Waals surface area contributed by atoms with E-state index in [0.29, 0.717) is 13.1 Å². The minimum Gasteiger partial charge on any atom is -0.466 e. The maximum Gasteiger partial charge on any atom is 0.307 e. The molecule has 1 saturated heterocycles. The van der Waals surface area contributed by atoms with Crippen molar-refractivity contribution < 1.29 is 22.7 Å². The van der Waals surface area contributed by atoms with Gasteiger partial charge in [-0.05, 0) is 38.0 Å². The zero-order chi connectivity index (χ0) is 19.2. The third kappa shape index (κ3) is 5.18. The molecule has 9 heteroatoms. The van der Waals surface area contributed by atoms with E-state index in [4.69, 9.17) is 16.3 Å². The second-order valence-electron chi connectivity index (χ2n) is 5.92. The van der Waals surface area contributed by atoms with E-state index in [1.165, 1.54) is 22.5 Å². The topological polar surface area (TPSA) is 92.8 Å². The van der Waals surface area contributed by atoms with Gasteiger partial charge in [-0.2, -0.15) is 4.31 Å². The first-order valence-corrected chi connectivity index (χ1v) is 10.4. The number of benzene rings is 1. The summed E-state index contributed by atoms with van der Waals surface area (Å²) in [5.41, 5.74) is 0.175. The van der Waals surface area contributed by atoms with Crippen molar-refractivity contribution in [3.63, 3.8) is 0 Å². The van der Waals surface area contributed by atoms with Crippen LogP contribution in [-0.2, 0) is 19.6 Å². The number of sulfonamides is 1. The van der Waals surface area contributed by atoms with Gasteiger partial charge in [0.15, 0.2) is 0 Å². The molecule has 0 saturated carbocycles. The highest BCUT2D eigenvalue weighted by atomic mass is 35.5. The molecule has 0 aromatic heterocycles. The van der Waals surface area contributed by atoms with E-state index in [9.17, 15) is 18.0 Å². The lowest BCUT2D eigenvalue weighted by molar-refractivity contribution is -0.142. The number of hydrogen-bond donors (Lipinski definition) is 1. The van der Waals surface area contributed by atoms with E-state index < -0.39 is 21.9 Å². The Morgan fingerprint density at radius 1 is 1.23 bits per heavy atom. The second-order valence-corrected chi connectivity index (χ2v) is 8.23. The third-order valence-corrected chi connectivity index (χ3v) is 6.43. The fourth-order valence-corrected chi connectivity index (χ4v) is 4.72. The van der Waals surface area contributed by atoms with Crippen LogP contribution in [0.25, 0.3) is 0 Å². The summed E-state index contributed by atoms with van der Waals surface area (Å²) in [5.74, 6) is -0.877. The van der Waals surface area contributed by atoms with Crippen molar-refractivity contribution in [2.45, 2.75) is 37.5 Å². The van der Waals surface area contributed by atoms with E-state index in [0.717, 1.165) is 19.3 Å². The van der Waals surface area contributed by atoms with Crippen LogP contribution in [0.1, 0.15) is 43.0 Å². The van der Waals surface area contributed by atoms with Crippen molar-refractivity contribution in [1.82, 2.24) is 9.62 Å². The first kappa shape index (κ1) is 20.7. The van der Waals surface area contributed by atoms with Crippen LogP contribution in [0.5, 0.6) is 0 Å². The summed E-state index contributed by atoms with van der Waals surface area (Å²) in [7, 11) is -3.74. The number of nitrogens with one attached hydrogen (secondary N) is 1. The molecule has 0 atom stereocenters. The van der Waals surface area contributed by atoms with Crippen LogP contribution in [0, 0.1) is 0 Å². The van der Waals surface area contributed by atoms with Gasteiger partial charge in [-0.1, -0.05) is 18.0 Å². The summed E-state index contributed by atoms with van der Waals surface area (Å²) in [5, 5.41) is 2.66. The molecule has 0 unspecified atom stereocenters. The average Bonchev–Trinajstić information content (AvgIpc) is 2.62. The number of carbonyl (C=O) groups is 2. The molecule has 1 N–H and O–H groups in total. The number of nitrogens with zero attached hydrogens (tertiary/aromatic N) is 1. The van der Waals surface area contributed by atoms with Gasteiger partial charge in [-0.25, -0.2) is 8.42 Å². The molecule has 0 bridgehead atoms. The molecule has 1 aliphatic rings. The Kier molecular flexibility index (Phi) is 7.43. The number of rotatable bonds is 7. The Hall–Kier alpha value is -1.64. The Bertz CT molecular complexity index is 760. The number of esters is 1. The highest BCUT2D eigenvalue weighted by Gasteiger charge is 2.28. The predicted molar refractivity (Wildman–Crippen MR) is 97.6 cm³/mol. The number of amides is 1. The first-order valence-electron chi connectivity index (χ1n) is 8.59. The van der Waals surface area contributed by atoms with Crippen molar-refractivity contribution >= 4 is 33.5 Å². The molecule has 26 heavy (non-hydrogen) atoms. The molecule has 0 radical (unpaired) electrons. The number of piperidine rings is 1. The van der Waals surface area contributed by atoms with Crippen molar-refractivity contribution in [3.8, 4) is 0 Å². The zero-order valence-electron chi connectivity index (χ0n) is 14.7. The predicted octanol–water partition coefficient (Wildman–Crippen LogP) is 2.20. The van der Waals surface area contributed by atoms with E-state index >= 15 is 0 Å². The maximum absolute atomic E-state index is 12.8. The molecule has 7 nitrogen and oxygen atoms in total. The number of ether oxygens (including phenoxy) is 1. The summed E-state index contributed by atoms with van der Waals surface area (Å²) < 4.78 is 31.8. The standard InChI is InChI=1S/C17H23ClN2O5S/c1-2-25-16(21)8-9-19-17(22)13-6-7-14(18)15(12-13)26(23,24)20-10-4-3-5-11-20/h6-7,12H,2-5,8-11H2,1H3,(H,19,22). The molecule has 0 aliphatic carbocycles. The number of hydrogen-bond acceptors (Lipinski definition) is 5. The highest BCUT2D eigenvalue weighted by Crippen LogP contribution is 2.27. The lowest BCUT2D eigenvalue weighted by Crippen LogP contribution is -2.36. The first-order chi connectivity index (χ1) is 12.4. The minimum absolute atomic E-state index is 0.0477. The van der Waals surface area contributed by atoms with Crippen LogP contribution in [-0.4, -0.2) is 50.8 Å². The average molecular weight is 403 g/mol. The number of halogens is 1. The normalized spacial score (nSPS) is 15.5. The summed E-state index contributed by atoms with van der Waals surface area (Å²) in [6.45, 7) is 2.99. The van der Waals surface area contributed by atoms with Crippen molar-refractivity contribution in [1.29, 1.82) is 0 Å². The van der Waals surface area contributed by atoms with E-state index in [2.05, 4.69) is 5.32 Å². The molecule has 1 aromatic rings. The van der Waals surface area contributed by atoms with Gasteiger partial charge in [0.1, 0.15) is 4.90 Å². The largest absolute Gasteiger partial charge is 0.466 e. The van der Waals surface area contributed by atoms with Gasteiger partial charge in [-0.15, -0.1) is 0 Å². The summed E-state index contributed by atoms with van der Waals surface area (Å²) >= 11 is 6.09. The fourth-order valence-electron chi connectivity index (χ4n) is 2.70. The molecule has 0 spiro atoms. The molecule has 1 amide bonds. The Morgan fingerprint density at radius 2 is 1.92 bits per heavy atom. The molecule has 1 heterocycles. The maximum atomic E-state index is 12.8. The van der Waals surface area contributed by atoms with Gasteiger partial charge in [0.2, 0.25) is 10.0 Å². The zero-order valence-corrected chi connectivity index (χ0v) is 16.2. The smallest absolute Gasteiger partial charge is 0.307 e. The second kappa shape index (κ2) is 9.34. The molecule has 1 aliphatic heterocycles. The van der Waals surface area contributed by atoms with Crippen LogP contribution < -0.4 is 5.32 Å². The van der Waals surface area contributed by atoms with Gasteiger partial charge in [-0.3, -0.25) is 9.59 Å². The summed E-state index contributed by atoms with van der Waals surface area (Å²) in [6, 6.07) is 4.14. The van der Waals surface area contributed by atoms with Gasteiger partial charge in [0.05, 0.1) is 18.1 Å². The van der Waals surface area contributed by atoms with Crippen molar-refractivity contribution in [3.05, 3.63) is 28.8 Å². The molecule has 1 fully saturated rings. The van der Waals surface area contributed by atoms with Gasteiger partial charge in [0.25, 0.3) is 5.91 Å². The lowest BCUT2D eigenvalue weighted by atomic mass is 10.2. The summed E-state index contributed by atoms with van der Waals surface area (Å²) in [4.78, 5) is 23.5. The number of carbonyl (C=O) groups excluding carboxylic acids is 2. The Morgan fingerprint density at radius 3 is 2.58 bits per heavy atom. The van der Waals surface area contributed by atoms with Crippen LogP contribution in [0.15, 0.2) is 23.1 Å². The van der Waals surface area contributed by atoms with Crippen molar-refractivity contribution in [2.75, 3.05) is 26.2 Å². The Balaban J connectivity index is 2.11. The van der Waals surface area contributed by atoms with Crippen LogP contribution in [0.2, 0.25) is 5.02 Å². The highest BCUT2D eigenvalue weighted by molar-refractivity contribution is 7.89. The molecular formula is C17H23ClN2O5S. The van der Waals surface area contributed by atoms with Gasteiger partial charge < -0.3 is 10.1 Å². The summed E-state index contributed by atoms with van der Waals surface area (Å²) in [6.07, 6.45) is 2.67. The van der Waals surface area contributed by atoms with Crippen LogP contribution >= 0.6 is 11.6 Å². The van der Waals surface area contributed by atoms with E-state index in [-0.39, 0.29) is 35.1 Å². The van der Waals surface area contributed by atoms with Gasteiger partial charge >= 0.3 is 5.97 Å². The van der Waals surface area contributed by atoms with Crippen molar-refractivity contribution in [2.24, 2.45) is 0 Å². The molecule has 1 aromatic carbocycles. The van der Waals surface area contributed by atoms with Gasteiger partial charge in [0, 0.05) is 25.2 Å². The lowest BCUT2D eigenvalue weighted by Gasteiger charge is -2.26. The molecule has 2 rings (SSSR count). The molecule has 144 valence electrons. The van der Waals surface area contributed by atoms with E-state index in [1.807, 2.05) is 0 Å². The monoisotopic (exact) mass is 402 g/mol. The minimum atomic E-state index is -3.74.